The van der Waals surface area contributed by atoms with Gasteiger partial charge < -0.3 is 0 Å². The summed E-state index contributed by atoms with van der Waals surface area (Å²) in [5.74, 6) is 0. The molecule has 0 heterocycles. The molecular formula is C12H15ClS. The molecule has 0 saturated carbocycles. The van der Waals surface area contributed by atoms with Gasteiger partial charge in [0.05, 0.1) is 4.36 Å². The number of aryl methyl sites for hydroxylation is 1. The molecule has 0 spiro atoms. The van der Waals surface area contributed by atoms with Crippen LogP contribution in [0.4, 0.5) is 0 Å². The van der Waals surface area contributed by atoms with E-state index in [0.717, 1.165) is 10.8 Å². The lowest BCUT2D eigenvalue weighted by Gasteiger charge is -2.05. The zero-order chi connectivity index (χ0) is 10.6. The molecule has 0 atom stereocenters. The van der Waals surface area contributed by atoms with Crippen LogP contribution in [0.5, 0.6) is 0 Å². The number of benzene rings is 1. The Morgan fingerprint density at radius 3 is 2.57 bits per heavy atom. The monoisotopic (exact) mass is 226 g/mol. The molecule has 0 unspecified atom stereocenters. The molecule has 1 aromatic rings. The lowest BCUT2D eigenvalue weighted by Crippen LogP contribution is -1.80. The first kappa shape index (κ1) is 11.7. The summed E-state index contributed by atoms with van der Waals surface area (Å²) >= 11 is 7.83. The summed E-state index contributed by atoms with van der Waals surface area (Å²) in [5, 5.41) is 0. The van der Waals surface area contributed by atoms with Crippen molar-refractivity contribution < 1.29 is 0 Å². The molecule has 0 aromatic heterocycles. The fourth-order valence-electron chi connectivity index (χ4n) is 0.994. The zero-order valence-corrected chi connectivity index (χ0v) is 10.4. The van der Waals surface area contributed by atoms with Gasteiger partial charge in [-0.1, -0.05) is 48.5 Å². The summed E-state index contributed by atoms with van der Waals surface area (Å²) in [6, 6.07) is 8.30. The molecule has 0 N–H and O–H groups in total. The molecule has 0 aliphatic heterocycles. The van der Waals surface area contributed by atoms with Gasteiger partial charge in [-0.2, -0.15) is 0 Å². The van der Waals surface area contributed by atoms with Gasteiger partial charge in [-0.3, -0.25) is 0 Å². The number of allylic oxidation sites excluding steroid dienone is 1. The van der Waals surface area contributed by atoms with Gasteiger partial charge in [0.2, 0.25) is 0 Å². The van der Waals surface area contributed by atoms with Crippen LogP contribution in [-0.2, 0) is 0 Å². The zero-order valence-electron chi connectivity index (χ0n) is 8.80. The first-order chi connectivity index (χ1) is 6.65. The summed E-state index contributed by atoms with van der Waals surface area (Å²) in [6.07, 6.45) is 1.01. The Morgan fingerprint density at radius 1 is 1.36 bits per heavy atom. The van der Waals surface area contributed by atoms with Gasteiger partial charge in [0.25, 0.3) is 0 Å². The average Bonchev–Trinajstić information content (AvgIpc) is 2.20. The van der Waals surface area contributed by atoms with E-state index >= 15 is 0 Å². The molecule has 0 radical (unpaired) electrons. The lowest BCUT2D eigenvalue weighted by molar-refractivity contribution is 1.10. The smallest absolute Gasteiger partial charge is 0.0771 e. The Kier molecular flexibility index (Phi) is 4.56. The van der Waals surface area contributed by atoms with E-state index in [4.69, 9.17) is 11.6 Å². The molecule has 0 amide bonds. The average molecular weight is 227 g/mol. The van der Waals surface area contributed by atoms with Crippen molar-refractivity contribution in [1.82, 2.24) is 0 Å². The number of halogens is 1. The molecule has 0 bridgehead atoms. The van der Waals surface area contributed by atoms with Crippen LogP contribution in [-0.4, -0.2) is 0 Å². The van der Waals surface area contributed by atoms with Crippen molar-refractivity contribution >= 4 is 23.4 Å². The maximum absolute atomic E-state index is 6.18. The van der Waals surface area contributed by atoms with E-state index in [1.807, 2.05) is 12.1 Å². The van der Waals surface area contributed by atoms with Crippen LogP contribution in [0.1, 0.15) is 25.8 Å². The van der Waals surface area contributed by atoms with Crippen LogP contribution in [0.2, 0.25) is 0 Å². The fourth-order valence-corrected chi connectivity index (χ4v) is 2.26. The number of hydrogen-bond donors (Lipinski definition) is 0. The van der Waals surface area contributed by atoms with E-state index in [1.165, 1.54) is 16.0 Å². The first-order valence-electron chi connectivity index (χ1n) is 4.74. The Morgan fingerprint density at radius 2 is 2.00 bits per heavy atom. The van der Waals surface area contributed by atoms with Crippen molar-refractivity contribution in [3.8, 4) is 0 Å². The highest BCUT2D eigenvalue weighted by molar-refractivity contribution is 8.04. The normalized spacial score (nSPS) is 12.6. The molecule has 0 aliphatic carbocycles. The Bertz CT molecular complexity index is 342. The van der Waals surface area contributed by atoms with Gasteiger partial charge in [0.15, 0.2) is 0 Å². The van der Waals surface area contributed by atoms with Crippen molar-refractivity contribution in [1.29, 1.82) is 0 Å². The molecule has 14 heavy (non-hydrogen) atoms. The molecule has 76 valence electrons. The Labute approximate surface area is 95.4 Å². The molecule has 1 aromatic carbocycles. The van der Waals surface area contributed by atoms with Crippen molar-refractivity contribution in [2.75, 3.05) is 0 Å². The van der Waals surface area contributed by atoms with Crippen LogP contribution in [0.3, 0.4) is 0 Å². The maximum atomic E-state index is 6.18. The number of hydrogen-bond acceptors (Lipinski definition) is 1. The summed E-state index contributed by atoms with van der Waals surface area (Å²) < 4.78 is 0.904. The quantitative estimate of drug-likeness (QED) is 0.656. The standard InChI is InChI=1S/C12H15ClS/c1-4-9(2)12(13)14-11-8-6-5-7-10(11)3/h5-8H,4H2,1-3H3. The molecule has 0 aliphatic rings. The van der Waals surface area contributed by atoms with Gasteiger partial charge in [-0.25, -0.2) is 0 Å². The highest BCUT2D eigenvalue weighted by atomic mass is 35.5. The van der Waals surface area contributed by atoms with Crippen LogP contribution >= 0.6 is 23.4 Å². The minimum atomic E-state index is 0.904. The van der Waals surface area contributed by atoms with Gasteiger partial charge in [0.1, 0.15) is 0 Å². The van der Waals surface area contributed by atoms with E-state index in [2.05, 4.69) is 32.9 Å². The van der Waals surface area contributed by atoms with Crippen LogP contribution in [0.15, 0.2) is 39.1 Å². The van der Waals surface area contributed by atoms with Gasteiger partial charge >= 0.3 is 0 Å². The van der Waals surface area contributed by atoms with Crippen LogP contribution in [0.25, 0.3) is 0 Å². The Hall–Kier alpha value is -0.400. The molecule has 2 heteroatoms. The minimum Gasteiger partial charge on any atom is -0.0775 e. The minimum absolute atomic E-state index is 0.904. The molecule has 0 fully saturated rings. The van der Waals surface area contributed by atoms with E-state index in [0.29, 0.717) is 0 Å². The second kappa shape index (κ2) is 5.47. The predicted octanol–water partition coefficient (Wildman–Crippen LogP) is 4.97. The first-order valence-corrected chi connectivity index (χ1v) is 5.93. The molecular weight excluding hydrogens is 212 g/mol. The number of rotatable bonds is 3. The van der Waals surface area contributed by atoms with Crippen LogP contribution < -0.4 is 0 Å². The number of thioether (sulfide) groups is 1. The summed E-state index contributed by atoms with van der Waals surface area (Å²) in [6.45, 7) is 6.30. The fraction of sp³-hybridized carbons (Fsp3) is 0.333. The Balaban J connectivity index is 2.85. The predicted molar refractivity (Wildman–Crippen MR) is 65.9 cm³/mol. The summed E-state index contributed by atoms with van der Waals surface area (Å²) in [7, 11) is 0. The van der Waals surface area contributed by atoms with E-state index in [1.54, 1.807) is 11.8 Å². The third kappa shape index (κ3) is 3.07. The van der Waals surface area contributed by atoms with E-state index in [-0.39, 0.29) is 0 Å². The third-order valence-electron chi connectivity index (χ3n) is 2.16. The second-order valence-corrected chi connectivity index (χ2v) is 4.93. The third-order valence-corrected chi connectivity index (χ3v) is 3.92. The topological polar surface area (TPSA) is 0 Å². The van der Waals surface area contributed by atoms with E-state index < -0.39 is 0 Å². The van der Waals surface area contributed by atoms with Gasteiger partial charge in [-0.15, -0.1) is 0 Å². The second-order valence-electron chi connectivity index (χ2n) is 3.28. The van der Waals surface area contributed by atoms with Crippen molar-refractivity contribution in [2.45, 2.75) is 32.1 Å². The molecule has 1 rings (SSSR count). The SMILES string of the molecule is CCC(C)=C(Cl)Sc1ccccc1C. The van der Waals surface area contributed by atoms with Gasteiger partial charge in [0, 0.05) is 4.90 Å². The highest BCUT2D eigenvalue weighted by Gasteiger charge is 2.02. The van der Waals surface area contributed by atoms with Crippen molar-refractivity contribution in [2.24, 2.45) is 0 Å². The highest BCUT2D eigenvalue weighted by Crippen LogP contribution is 2.34. The van der Waals surface area contributed by atoms with Crippen LogP contribution in [0, 0.1) is 6.92 Å². The largest absolute Gasteiger partial charge is 0.0775 e. The van der Waals surface area contributed by atoms with Gasteiger partial charge in [-0.05, 0) is 37.5 Å². The maximum Gasteiger partial charge on any atom is 0.0771 e. The van der Waals surface area contributed by atoms with Crippen molar-refractivity contribution in [3.63, 3.8) is 0 Å². The van der Waals surface area contributed by atoms with E-state index in [9.17, 15) is 0 Å². The van der Waals surface area contributed by atoms with Crippen molar-refractivity contribution in [3.05, 3.63) is 39.8 Å². The summed E-state index contributed by atoms with van der Waals surface area (Å²) in [4.78, 5) is 1.24. The molecule has 0 saturated heterocycles. The lowest BCUT2D eigenvalue weighted by atomic mass is 10.2. The molecule has 0 nitrogen and oxygen atoms in total. The summed E-state index contributed by atoms with van der Waals surface area (Å²) in [5.41, 5.74) is 2.53.